The number of rotatable bonds is 0. The fourth-order valence-electron chi connectivity index (χ4n) is 2.20. The first-order valence-electron chi connectivity index (χ1n) is 4.00. The highest BCUT2D eigenvalue weighted by Crippen LogP contribution is 2.41. The second kappa shape index (κ2) is 1.82. The van der Waals surface area contributed by atoms with E-state index in [1.54, 1.807) is 0 Å². The van der Waals surface area contributed by atoms with Crippen LogP contribution in [0.3, 0.4) is 0 Å². The minimum absolute atomic E-state index is 0.0278. The molecule has 0 amide bonds. The summed E-state index contributed by atoms with van der Waals surface area (Å²) in [6, 6.07) is 0. The van der Waals surface area contributed by atoms with Crippen molar-refractivity contribution in [2.24, 2.45) is 0 Å². The lowest BCUT2D eigenvalue weighted by atomic mass is 9.74. The molecule has 0 aromatic rings. The van der Waals surface area contributed by atoms with Crippen molar-refractivity contribution < 1.29 is 4.79 Å². The zero-order valence-corrected chi connectivity index (χ0v) is 6.39. The van der Waals surface area contributed by atoms with Crippen molar-refractivity contribution >= 4 is 5.78 Å². The van der Waals surface area contributed by atoms with Gasteiger partial charge in [0.1, 0.15) is 0 Å². The lowest BCUT2D eigenvalue weighted by Gasteiger charge is -2.42. The average molecular weight is 139 g/mol. The highest BCUT2D eigenvalue weighted by molar-refractivity contribution is 5.94. The van der Waals surface area contributed by atoms with E-state index in [0.29, 0.717) is 5.78 Å². The van der Waals surface area contributed by atoms with Crippen molar-refractivity contribution in [2.75, 3.05) is 13.6 Å². The molecular formula is C8H13NO. The largest absolute Gasteiger partial charge is 0.298 e. The summed E-state index contributed by atoms with van der Waals surface area (Å²) in [6.07, 6.45) is 4.26. The minimum Gasteiger partial charge on any atom is -0.298 e. The minimum atomic E-state index is 0.0278. The number of likely N-dealkylation sites (N-methyl/N-ethyl adjacent to an activating group) is 1. The van der Waals surface area contributed by atoms with Crippen molar-refractivity contribution in [2.45, 2.75) is 31.2 Å². The number of carbonyl (C=O) groups is 1. The molecule has 0 aromatic carbocycles. The molecule has 1 aliphatic carbocycles. The van der Waals surface area contributed by atoms with Gasteiger partial charge >= 0.3 is 0 Å². The molecule has 2 nitrogen and oxygen atoms in total. The van der Waals surface area contributed by atoms with Crippen molar-refractivity contribution in [1.82, 2.24) is 4.90 Å². The SMILES string of the molecule is CN1CCCC12CCC2=O. The fourth-order valence-corrected chi connectivity index (χ4v) is 2.20. The van der Waals surface area contributed by atoms with Gasteiger partial charge in [-0.2, -0.15) is 0 Å². The van der Waals surface area contributed by atoms with Crippen LogP contribution in [0.4, 0.5) is 0 Å². The molecule has 1 unspecified atom stereocenters. The van der Waals surface area contributed by atoms with Gasteiger partial charge in [0.2, 0.25) is 0 Å². The highest BCUT2D eigenvalue weighted by atomic mass is 16.1. The van der Waals surface area contributed by atoms with Crippen molar-refractivity contribution in [3.63, 3.8) is 0 Å². The molecule has 2 rings (SSSR count). The summed E-state index contributed by atoms with van der Waals surface area (Å²) in [6.45, 7) is 1.12. The topological polar surface area (TPSA) is 20.3 Å². The molecule has 1 heterocycles. The van der Waals surface area contributed by atoms with Gasteiger partial charge in [0.25, 0.3) is 0 Å². The fraction of sp³-hybridized carbons (Fsp3) is 0.875. The van der Waals surface area contributed by atoms with Gasteiger partial charge in [0.15, 0.2) is 5.78 Å². The van der Waals surface area contributed by atoms with Crippen LogP contribution in [-0.4, -0.2) is 29.8 Å². The van der Waals surface area contributed by atoms with Crippen LogP contribution in [0.5, 0.6) is 0 Å². The molecule has 1 saturated heterocycles. The number of nitrogens with zero attached hydrogens (tertiary/aromatic N) is 1. The zero-order valence-electron chi connectivity index (χ0n) is 6.39. The third-order valence-corrected chi connectivity index (χ3v) is 3.10. The summed E-state index contributed by atoms with van der Waals surface area (Å²) in [5, 5.41) is 0. The predicted molar refractivity (Wildman–Crippen MR) is 38.8 cm³/mol. The lowest BCUT2D eigenvalue weighted by Crippen LogP contribution is -2.55. The third-order valence-electron chi connectivity index (χ3n) is 3.10. The van der Waals surface area contributed by atoms with Crippen LogP contribution in [0, 0.1) is 0 Å². The van der Waals surface area contributed by atoms with Crippen molar-refractivity contribution in [1.29, 1.82) is 0 Å². The van der Waals surface area contributed by atoms with Gasteiger partial charge in [-0.15, -0.1) is 0 Å². The Kier molecular flexibility index (Phi) is 1.15. The smallest absolute Gasteiger partial charge is 0.153 e. The molecule has 1 spiro atoms. The molecule has 2 aliphatic rings. The number of Topliss-reactive ketones (excluding diaryl/α,β-unsaturated/α-hetero) is 1. The van der Waals surface area contributed by atoms with Crippen LogP contribution in [0.2, 0.25) is 0 Å². The Bertz CT molecular complexity index is 178. The van der Waals surface area contributed by atoms with Gasteiger partial charge in [-0.1, -0.05) is 0 Å². The summed E-state index contributed by atoms with van der Waals surface area (Å²) in [4.78, 5) is 13.5. The standard InChI is InChI=1S/C8H13NO/c1-9-6-2-4-8(9)5-3-7(8)10/h2-6H2,1H3. The molecule has 0 N–H and O–H groups in total. The molecule has 0 radical (unpaired) electrons. The van der Waals surface area contributed by atoms with E-state index in [1.165, 1.54) is 6.42 Å². The summed E-state index contributed by atoms with van der Waals surface area (Å²) < 4.78 is 0. The van der Waals surface area contributed by atoms with Crippen molar-refractivity contribution in [3.8, 4) is 0 Å². The summed E-state index contributed by atoms with van der Waals surface area (Å²) in [5.41, 5.74) is 0.0278. The molecule has 2 heteroatoms. The van der Waals surface area contributed by atoms with E-state index < -0.39 is 0 Å². The Hall–Kier alpha value is -0.370. The highest BCUT2D eigenvalue weighted by Gasteiger charge is 2.50. The van der Waals surface area contributed by atoms with Gasteiger partial charge < -0.3 is 0 Å². The van der Waals surface area contributed by atoms with E-state index in [0.717, 1.165) is 25.8 Å². The quantitative estimate of drug-likeness (QED) is 0.495. The molecular weight excluding hydrogens is 126 g/mol. The third kappa shape index (κ3) is 0.553. The molecule has 0 aromatic heterocycles. The lowest BCUT2D eigenvalue weighted by molar-refractivity contribution is -0.138. The molecule has 56 valence electrons. The van der Waals surface area contributed by atoms with Crippen LogP contribution in [0.25, 0.3) is 0 Å². The van der Waals surface area contributed by atoms with Crippen LogP contribution in [-0.2, 0) is 4.79 Å². The van der Waals surface area contributed by atoms with E-state index in [-0.39, 0.29) is 5.54 Å². The molecule has 1 atom stereocenters. The monoisotopic (exact) mass is 139 g/mol. The Balaban J connectivity index is 2.21. The number of ketones is 1. The Morgan fingerprint density at radius 3 is 2.50 bits per heavy atom. The second-order valence-corrected chi connectivity index (χ2v) is 3.48. The maximum absolute atomic E-state index is 11.2. The first-order chi connectivity index (χ1) is 4.76. The Morgan fingerprint density at radius 1 is 1.50 bits per heavy atom. The van der Waals surface area contributed by atoms with Gasteiger partial charge in [-0.25, -0.2) is 0 Å². The molecule has 1 saturated carbocycles. The Morgan fingerprint density at radius 2 is 2.30 bits per heavy atom. The summed E-state index contributed by atoms with van der Waals surface area (Å²) in [7, 11) is 2.07. The van der Waals surface area contributed by atoms with Gasteiger partial charge in [-0.3, -0.25) is 9.69 Å². The van der Waals surface area contributed by atoms with E-state index in [2.05, 4.69) is 11.9 Å². The van der Waals surface area contributed by atoms with Crippen LogP contribution in [0.15, 0.2) is 0 Å². The van der Waals surface area contributed by atoms with Crippen LogP contribution in [0.1, 0.15) is 25.7 Å². The average Bonchev–Trinajstić information content (AvgIpc) is 2.30. The van der Waals surface area contributed by atoms with Gasteiger partial charge in [0.05, 0.1) is 5.54 Å². The van der Waals surface area contributed by atoms with Gasteiger partial charge in [-0.05, 0) is 32.9 Å². The van der Waals surface area contributed by atoms with Crippen LogP contribution >= 0.6 is 0 Å². The maximum atomic E-state index is 11.2. The summed E-state index contributed by atoms with van der Waals surface area (Å²) in [5.74, 6) is 0.479. The number of likely N-dealkylation sites (tertiary alicyclic amines) is 1. The van der Waals surface area contributed by atoms with E-state index >= 15 is 0 Å². The first kappa shape index (κ1) is 6.35. The van der Waals surface area contributed by atoms with E-state index in [4.69, 9.17) is 0 Å². The van der Waals surface area contributed by atoms with E-state index in [1.807, 2.05) is 0 Å². The molecule has 1 aliphatic heterocycles. The van der Waals surface area contributed by atoms with Crippen molar-refractivity contribution in [3.05, 3.63) is 0 Å². The molecule has 2 fully saturated rings. The predicted octanol–water partition coefficient (Wildman–Crippen LogP) is 0.814. The maximum Gasteiger partial charge on any atom is 0.153 e. The number of carbonyl (C=O) groups excluding carboxylic acids is 1. The first-order valence-corrected chi connectivity index (χ1v) is 4.00. The molecule has 0 bridgehead atoms. The van der Waals surface area contributed by atoms with E-state index in [9.17, 15) is 4.79 Å². The number of hydrogen-bond donors (Lipinski definition) is 0. The summed E-state index contributed by atoms with van der Waals surface area (Å²) >= 11 is 0. The Labute approximate surface area is 61.2 Å². The van der Waals surface area contributed by atoms with Gasteiger partial charge in [0, 0.05) is 6.42 Å². The second-order valence-electron chi connectivity index (χ2n) is 3.48. The normalized spacial score (nSPS) is 40.7. The number of hydrogen-bond acceptors (Lipinski definition) is 2. The molecule has 10 heavy (non-hydrogen) atoms. The van der Waals surface area contributed by atoms with Crippen LogP contribution < -0.4 is 0 Å². The zero-order chi connectivity index (χ0) is 7.19.